The summed E-state index contributed by atoms with van der Waals surface area (Å²) >= 11 is 0. The highest BCUT2D eigenvalue weighted by Gasteiger charge is 2.32. The Labute approximate surface area is 106 Å². The number of nitrogens with one attached hydrogen (secondary N) is 1. The highest BCUT2D eigenvalue weighted by atomic mass is 16.2. The van der Waals surface area contributed by atoms with E-state index in [2.05, 4.69) is 10.3 Å². The van der Waals surface area contributed by atoms with E-state index in [4.69, 9.17) is 0 Å². The molecule has 96 valence electrons. The lowest BCUT2D eigenvalue weighted by atomic mass is 10.1. The molecule has 1 atom stereocenters. The molecule has 2 heterocycles. The van der Waals surface area contributed by atoms with Crippen molar-refractivity contribution in [1.29, 1.82) is 0 Å². The lowest BCUT2D eigenvalue weighted by Gasteiger charge is -2.34. The van der Waals surface area contributed by atoms with Gasteiger partial charge in [0, 0.05) is 25.0 Å². The number of amides is 2. The summed E-state index contributed by atoms with van der Waals surface area (Å²) in [5.41, 5.74) is 1.41. The molecule has 0 bridgehead atoms. The molecule has 0 radical (unpaired) electrons. The molecule has 0 spiro atoms. The van der Waals surface area contributed by atoms with E-state index in [-0.39, 0.29) is 17.9 Å². The van der Waals surface area contributed by atoms with E-state index >= 15 is 0 Å². The van der Waals surface area contributed by atoms with E-state index in [1.165, 1.54) is 0 Å². The first kappa shape index (κ1) is 12.5. The third-order valence-electron chi connectivity index (χ3n) is 3.14. The molecule has 1 aliphatic rings. The van der Waals surface area contributed by atoms with Gasteiger partial charge in [0.25, 0.3) is 5.91 Å². The van der Waals surface area contributed by atoms with E-state index in [0.717, 1.165) is 5.69 Å². The molecule has 1 N–H and O–H groups in total. The third-order valence-corrected chi connectivity index (χ3v) is 3.14. The van der Waals surface area contributed by atoms with Gasteiger partial charge in [-0.15, -0.1) is 0 Å². The van der Waals surface area contributed by atoms with Gasteiger partial charge in [0.15, 0.2) is 0 Å². The zero-order valence-electron chi connectivity index (χ0n) is 10.6. The quantitative estimate of drug-likeness (QED) is 0.838. The Morgan fingerprint density at radius 2 is 2.33 bits per heavy atom. The molecule has 1 fully saturated rings. The first-order valence-corrected chi connectivity index (χ1v) is 6.15. The van der Waals surface area contributed by atoms with Crippen molar-refractivity contribution in [2.75, 3.05) is 13.1 Å². The smallest absolute Gasteiger partial charge is 0.256 e. The molecule has 5 nitrogen and oxygen atoms in total. The predicted octanol–water partition coefficient (Wildman–Crippen LogP) is 0.741. The number of carbonyl (C=O) groups excluding carboxylic acids is 2. The van der Waals surface area contributed by atoms with Crippen LogP contribution in [-0.4, -0.2) is 40.8 Å². The SMILES string of the molecule is CC[C@@H]1C(=O)NCCN1C(=O)c1ccc(C)nc1. The summed E-state index contributed by atoms with van der Waals surface area (Å²) in [5.74, 6) is -0.193. The fourth-order valence-electron chi connectivity index (χ4n) is 2.12. The molecule has 1 aliphatic heterocycles. The molecule has 2 rings (SSSR count). The van der Waals surface area contributed by atoms with Gasteiger partial charge >= 0.3 is 0 Å². The maximum atomic E-state index is 12.3. The van der Waals surface area contributed by atoms with E-state index in [0.29, 0.717) is 25.1 Å². The molecule has 1 aromatic rings. The number of nitrogens with zero attached hydrogens (tertiary/aromatic N) is 2. The summed E-state index contributed by atoms with van der Waals surface area (Å²) in [6.45, 7) is 4.85. The minimum atomic E-state index is -0.368. The van der Waals surface area contributed by atoms with E-state index in [1.807, 2.05) is 13.8 Å². The molecule has 0 aliphatic carbocycles. The van der Waals surface area contributed by atoms with Crippen LogP contribution in [0.3, 0.4) is 0 Å². The Kier molecular flexibility index (Phi) is 3.60. The van der Waals surface area contributed by atoms with E-state index < -0.39 is 0 Å². The van der Waals surface area contributed by atoms with Crippen molar-refractivity contribution in [2.45, 2.75) is 26.3 Å². The van der Waals surface area contributed by atoms with Gasteiger partial charge in [0.1, 0.15) is 6.04 Å². The first-order chi connectivity index (χ1) is 8.63. The van der Waals surface area contributed by atoms with Gasteiger partial charge in [0.05, 0.1) is 5.56 Å². The first-order valence-electron chi connectivity index (χ1n) is 6.15. The fraction of sp³-hybridized carbons (Fsp3) is 0.462. The second-order valence-electron chi connectivity index (χ2n) is 4.40. The second kappa shape index (κ2) is 5.16. The summed E-state index contributed by atoms with van der Waals surface area (Å²) in [7, 11) is 0. The highest BCUT2D eigenvalue weighted by Crippen LogP contribution is 2.13. The number of rotatable bonds is 2. The van der Waals surface area contributed by atoms with Gasteiger partial charge in [-0.05, 0) is 25.5 Å². The molecule has 1 aromatic heterocycles. The summed E-state index contributed by atoms with van der Waals surface area (Å²) < 4.78 is 0. The minimum absolute atomic E-state index is 0.0721. The summed E-state index contributed by atoms with van der Waals surface area (Å²) in [6, 6.07) is 3.19. The Balaban J connectivity index is 2.21. The number of aryl methyl sites for hydroxylation is 1. The third kappa shape index (κ3) is 2.34. The Bertz CT molecular complexity index is 456. The number of piperazine rings is 1. The largest absolute Gasteiger partial charge is 0.353 e. The van der Waals surface area contributed by atoms with Crippen LogP contribution >= 0.6 is 0 Å². The molecule has 18 heavy (non-hydrogen) atoms. The van der Waals surface area contributed by atoms with Gasteiger partial charge in [-0.3, -0.25) is 14.6 Å². The van der Waals surface area contributed by atoms with Gasteiger partial charge in [0.2, 0.25) is 5.91 Å². The maximum Gasteiger partial charge on any atom is 0.256 e. The standard InChI is InChI=1S/C13H17N3O2/c1-3-11-12(17)14-6-7-16(11)13(18)10-5-4-9(2)15-8-10/h4-5,8,11H,3,6-7H2,1-2H3,(H,14,17)/t11-/m1/s1. The van der Waals surface area contributed by atoms with Crippen molar-refractivity contribution >= 4 is 11.8 Å². The molecule has 2 amide bonds. The summed E-state index contributed by atoms with van der Waals surface area (Å²) in [5, 5.41) is 2.78. The number of carbonyl (C=O) groups is 2. The monoisotopic (exact) mass is 247 g/mol. The van der Waals surface area contributed by atoms with Crippen molar-refractivity contribution in [1.82, 2.24) is 15.2 Å². The Morgan fingerprint density at radius 3 is 2.94 bits per heavy atom. The van der Waals surface area contributed by atoms with Crippen molar-refractivity contribution in [3.05, 3.63) is 29.6 Å². The van der Waals surface area contributed by atoms with Crippen LogP contribution in [-0.2, 0) is 4.79 Å². The van der Waals surface area contributed by atoms with Gasteiger partial charge in [-0.1, -0.05) is 6.92 Å². The molecule has 0 saturated carbocycles. The van der Waals surface area contributed by atoms with Gasteiger partial charge in [-0.2, -0.15) is 0 Å². The average Bonchev–Trinajstić information content (AvgIpc) is 2.38. The number of hydrogen-bond acceptors (Lipinski definition) is 3. The highest BCUT2D eigenvalue weighted by molar-refractivity contribution is 5.97. The molecule has 5 heteroatoms. The lowest BCUT2D eigenvalue weighted by molar-refractivity contribution is -0.127. The van der Waals surface area contributed by atoms with Crippen LogP contribution in [0.5, 0.6) is 0 Å². The Morgan fingerprint density at radius 1 is 1.56 bits per heavy atom. The summed E-state index contributed by atoms with van der Waals surface area (Å²) in [6.07, 6.45) is 2.19. The van der Waals surface area contributed by atoms with Gasteiger partial charge in [-0.25, -0.2) is 0 Å². The number of hydrogen-bond donors (Lipinski definition) is 1. The van der Waals surface area contributed by atoms with Crippen LogP contribution in [0.25, 0.3) is 0 Å². The van der Waals surface area contributed by atoms with Crippen molar-refractivity contribution < 1.29 is 9.59 Å². The zero-order valence-corrected chi connectivity index (χ0v) is 10.6. The number of pyridine rings is 1. The van der Waals surface area contributed by atoms with Crippen LogP contribution in [0.2, 0.25) is 0 Å². The normalized spacial score (nSPS) is 19.6. The van der Waals surface area contributed by atoms with Crippen LogP contribution in [0.15, 0.2) is 18.3 Å². The fourth-order valence-corrected chi connectivity index (χ4v) is 2.12. The van der Waals surface area contributed by atoms with Crippen molar-refractivity contribution in [3.8, 4) is 0 Å². The van der Waals surface area contributed by atoms with E-state index in [9.17, 15) is 9.59 Å². The summed E-state index contributed by atoms with van der Waals surface area (Å²) in [4.78, 5) is 29.8. The van der Waals surface area contributed by atoms with Crippen LogP contribution in [0.1, 0.15) is 29.4 Å². The topological polar surface area (TPSA) is 62.3 Å². The maximum absolute atomic E-state index is 12.3. The average molecular weight is 247 g/mol. The van der Waals surface area contributed by atoms with E-state index in [1.54, 1.807) is 23.2 Å². The lowest BCUT2D eigenvalue weighted by Crippen LogP contribution is -2.56. The molecular formula is C13H17N3O2. The molecule has 1 saturated heterocycles. The van der Waals surface area contributed by atoms with Gasteiger partial charge < -0.3 is 10.2 Å². The zero-order chi connectivity index (χ0) is 13.1. The Hall–Kier alpha value is -1.91. The molecule has 0 unspecified atom stereocenters. The predicted molar refractivity (Wildman–Crippen MR) is 67.1 cm³/mol. The number of aromatic nitrogens is 1. The van der Waals surface area contributed by atoms with Crippen LogP contribution in [0, 0.1) is 6.92 Å². The van der Waals surface area contributed by atoms with Crippen LogP contribution < -0.4 is 5.32 Å². The molecule has 0 aromatic carbocycles. The minimum Gasteiger partial charge on any atom is -0.353 e. The van der Waals surface area contributed by atoms with Crippen molar-refractivity contribution in [2.24, 2.45) is 0 Å². The van der Waals surface area contributed by atoms with Crippen LogP contribution in [0.4, 0.5) is 0 Å². The van der Waals surface area contributed by atoms with Crippen molar-refractivity contribution in [3.63, 3.8) is 0 Å². The molecular weight excluding hydrogens is 230 g/mol. The second-order valence-corrected chi connectivity index (χ2v) is 4.40.